The maximum atomic E-state index is 11.6. The number of hydrogen-bond acceptors (Lipinski definition) is 7. The molecule has 0 unspecified atom stereocenters. The van der Waals surface area contributed by atoms with Crippen LogP contribution in [0.4, 0.5) is 11.6 Å². The van der Waals surface area contributed by atoms with Crippen LogP contribution in [0.15, 0.2) is 66.2 Å². The molecule has 8 nitrogen and oxygen atoms in total. The van der Waals surface area contributed by atoms with Gasteiger partial charge in [-0.3, -0.25) is 5.10 Å². The average molecular weight is 406 g/mol. The fourth-order valence-corrected chi connectivity index (χ4v) is 3.52. The third kappa shape index (κ3) is 3.67. The minimum Gasteiger partial charge on any atom is -0.382 e. The van der Waals surface area contributed by atoms with Crippen molar-refractivity contribution < 1.29 is 8.42 Å². The van der Waals surface area contributed by atoms with Crippen LogP contribution in [0.5, 0.6) is 0 Å². The van der Waals surface area contributed by atoms with Crippen molar-refractivity contribution in [1.82, 2.24) is 20.2 Å². The molecule has 0 saturated carbocycles. The predicted molar refractivity (Wildman–Crippen MR) is 114 cm³/mol. The van der Waals surface area contributed by atoms with Gasteiger partial charge in [-0.1, -0.05) is 30.8 Å². The van der Waals surface area contributed by atoms with Crippen LogP contribution in [0.3, 0.4) is 0 Å². The van der Waals surface area contributed by atoms with Crippen LogP contribution in [-0.4, -0.2) is 34.8 Å². The molecule has 0 aliphatic heterocycles. The standard InChI is InChI=1S/C20H18N6O2S/c1-12(23-20-15-5-3-4-6-16(15)25-26-20)18-19(21)22-11-17(24-18)13-7-9-14(10-8-13)29(2,27)28/h3-11H,1H2,2H3,(H2,21,22)(H2,23,25,26). The van der Waals surface area contributed by atoms with Gasteiger partial charge in [0.15, 0.2) is 21.5 Å². The Morgan fingerprint density at radius 3 is 2.59 bits per heavy atom. The number of aromatic nitrogens is 4. The lowest BCUT2D eigenvalue weighted by Crippen LogP contribution is -2.07. The van der Waals surface area contributed by atoms with Gasteiger partial charge in [0.1, 0.15) is 5.69 Å². The second kappa shape index (κ2) is 7.02. The van der Waals surface area contributed by atoms with Gasteiger partial charge in [-0.25, -0.2) is 18.4 Å². The molecule has 2 aromatic heterocycles. The van der Waals surface area contributed by atoms with Crippen LogP contribution in [0.25, 0.3) is 27.9 Å². The quantitative estimate of drug-likeness (QED) is 0.465. The highest BCUT2D eigenvalue weighted by atomic mass is 32.2. The van der Waals surface area contributed by atoms with Gasteiger partial charge in [-0.05, 0) is 24.3 Å². The summed E-state index contributed by atoms with van der Waals surface area (Å²) >= 11 is 0. The summed E-state index contributed by atoms with van der Waals surface area (Å²) in [6, 6.07) is 14.1. The molecule has 29 heavy (non-hydrogen) atoms. The number of anilines is 2. The Balaban J connectivity index is 1.65. The van der Waals surface area contributed by atoms with Crippen molar-refractivity contribution in [2.24, 2.45) is 0 Å². The highest BCUT2D eigenvalue weighted by Crippen LogP contribution is 2.26. The lowest BCUT2D eigenvalue weighted by atomic mass is 10.1. The van der Waals surface area contributed by atoms with Crippen molar-refractivity contribution in [2.75, 3.05) is 17.3 Å². The first-order valence-corrected chi connectivity index (χ1v) is 10.5. The SMILES string of the molecule is C=C(Nc1n[nH]c2ccccc12)c1nc(-c2ccc(S(C)(=O)=O)cc2)cnc1N. The molecule has 0 aliphatic carbocycles. The molecule has 2 aromatic carbocycles. The number of aromatic amines is 1. The summed E-state index contributed by atoms with van der Waals surface area (Å²) in [4.78, 5) is 9.00. The van der Waals surface area contributed by atoms with Gasteiger partial charge in [0.05, 0.1) is 28.0 Å². The summed E-state index contributed by atoms with van der Waals surface area (Å²) in [7, 11) is -3.27. The van der Waals surface area contributed by atoms with Crippen LogP contribution < -0.4 is 11.1 Å². The van der Waals surface area contributed by atoms with Crippen LogP contribution in [0.1, 0.15) is 5.69 Å². The van der Waals surface area contributed by atoms with Crippen LogP contribution in [-0.2, 0) is 9.84 Å². The fourth-order valence-electron chi connectivity index (χ4n) is 2.89. The average Bonchev–Trinajstić information content (AvgIpc) is 3.11. The summed E-state index contributed by atoms with van der Waals surface area (Å²) in [6.45, 7) is 4.02. The van der Waals surface area contributed by atoms with Crippen molar-refractivity contribution in [3.05, 3.63) is 67.0 Å². The van der Waals surface area contributed by atoms with Gasteiger partial charge in [-0.2, -0.15) is 5.10 Å². The molecule has 4 aromatic rings. The molecule has 0 amide bonds. The molecule has 9 heteroatoms. The van der Waals surface area contributed by atoms with Gasteiger partial charge < -0.3 is 11.1 Å². The van der Waals surface area contributed by atoms with Crippen LogP contribution >= 0.6 is 0 Å². The minimum absolute atomic E-state index is 0.221. The van der Waals surface area contributed by atoms with Gasteiger partial charge in [-0.15, -0.1) is 0 Å². The number of fused-ring (bicyclic) bond motifs is 1. The monoisotopic (exact) mass is 406 g/mol. The number of sulfone groups is 1. The van der Waals surface area contributed by atoms with Gasteiger partial charge in [0.2, 0.25) is 0 Å². The van der Waals surface area contributed by atoms with Crippen molar-refractivity contribution in [3.8, 4) is 11.3 Å². The summed E-state index contributed by atoms with van der Waals surface area (Å²) < 4.78 is 23.3. The zero-order valence-electron chi connectivity index (χ0n) is 15.5. The van der Waals surface area contributed by atoms with E-state index in [4.69, 9.17) is 5.73 Å². The topological polar surface area (TPSA) is 127 Å². The Morgan fingerprint density at radius 1 is 1.14 bits per heavy atom. The summed E-state index contributed by atoms with van der Waals surface area (Å²) in [5, 5.41) is 11.2. The maximum absolute atomic E-state index is 11.6. The summed E-state index contributed by atoms with van der Waals surface area (Å²) in [5.41, 5.74) is 8.99. The van der Waals surface area contributed by atoms with E-state index in [0.29, 0.717) is 28.5 Å². The lowest BCUT2D eigenvalue weighted by molar-refractivity contribution is 0.602. The molecule has 0 fully saturated rings. The van der Waals surface area contributed by atoms with Gasteiger partial charge in [0, 0.05) is 17.2 Å². The van der Waals surface area contributed by atoms with E-state index in [1.54, 1.807) is 12.1 Å². The molecule has 0 spiro atoms. The van der Waals surface area contributed by atoms with Crippen molar-refractivity contribution >= 4 is 38.1 Å². The van der Waals surface area contributed by atoms with E-state index in [9.17, 15) is 8.42 Å². The van der Waals surface area contributed by atoms with E-state index >= 15 is 0 Å². The Bertz CT molecular complexity index is 1330. The van der Waals surface area contributed by atoms with Gasteiger partial charge in [0.25, 0.3) is 0 Å². The molecule has 4 rings (SSSR count). The number of para-hydroxylation sites is 1. The molecule has 0 atom stereocenters. The number of nitrogen functional groups attached to an aromatic ring is 1. The third-order valence-electron chi connectivity index (χ3n) is 4.40. The molecule has 0 radical (unpaired) electrons. The molecule has 2 heterocycles. The van der Waals surface area contributed by atoms with Crippen molar-refractivity contribution in [1.29, 1.82) is 0 Å². The van der Waals surface area contributed by atoms with E-state index in [2.05, 4.69) is 32.1 Å². The van der Waals surface area contributed by atoms with E-state index < -0.39 is 9.84 Å². The number of nitrogens with one attached hydrogen (secondary N) is 2. The first-order valence-electron chi connectivity index (χ1n) is 8.65. The molecule has 0 bridgehead atoms. The highest BCUT2D eigenvalue weighted by molar-refractivity contribution is 7.90. The first-order chi connectivity index (χ1) is 13.8. The Morgan fingerprint density at radius 2 is 1.86 bits per heavy atom. The van der Waals surface area contributed by atoms with E-state index in [-0.39, 0.29) is 10.7 Å². The van der Waals surface area contributed by atoms with Crippen molar-refractivity contribution in [2.45, 2.75) is 4.90 Å². The predicted octanol–water partition coefficient (Wildman–Crippen LogP) is 3.09. The zero-order chi connectivity index (χ0) is 20.6. The number of nitrogens with two attached hydrogens (primary N) is 1. The highest BCUT2D eigenvalue weighted by Gasteiger charge is 2.14. The van der Waals surface area contributed by atoms with Crippen molar-refractivity contribution in [3.63, 3.8) is 0 Å². The number of benzene rings is 2. The Hall–Kier alpha value is -3.72. The van der Waals surface area contributed by atoms with Gasteiger partial charge >= 0.3 is 0 Å². The lowest BCUT2D eigenvalue weighted by Gasteiger charge is -2.11. The van der Waals surface area contributed by atoms with E-state index in [0.717, 1.165) is 17.2 Å². The first kappa shape index (κ1) is 18.6. The van der Waals surface area contributed by atoms with Crippen LogP contribution in [0, 0.1) is 0 Å². The third-order valence-corrected chi connectivity index (χ3v) is 5.53. The fraction of sp³-hybridized carbons (Fsp3) is 0.0500. The molecule has 4 N–H and O–H groups in total. The summed E-state index contributed by atoms with van der Waals surface area (Å²) in [6.07, 6.45) is 2.70. The zero-order valence-corrected chi connectivity index (χ0v) is 16.4. The normalized spacial score (nSPS) is 11.5. The Kier molecular flexibility index (Phi) is 4.51. The second-order valence-electron chi connectivity index (χ2n) is 6.51. The largest absolute Gasteiger partial charge is 0.382 e. The molecule has 146 valence electrons. The molecular formula is C20H18N6O2S. The second-order valence-corrected chi connectivity index (χ2v) is 8.52. The van der Waals surface area contributed by atoms with Crippen LogP contribution in [0.2, 0.25) is 0 Å². The van der Waals surface area contributed by atoms with E-state index in [1.807, 2.05) is 24.3 Å². The number of H-pyrrole nitrogens is 1. The molecular weight excluding hydrogens is 388 g/mol. The number of hydrogen-bond donors (Lipinski definition) is 3. The maximum Gasteiger partial charge on any atom is 0.175 e. The number of rotatable bonds is 5. The van der Waals surface area contributed by atoms with E-state index in [1.165, 1.54) is 18.3 Å². The minimum atomic E-state index is -3.27. The molecule has 0 saturated heterocycles. The smallest absolute Gasteiger partial charge is 0.175 e. The molecule has 0 aliphatic rings. The number of nitrogens with zero attached hydrogens (tertiary/aromatic N) is 3. The summed E-state index contributed by atoms with van der Waals surface area (Å²) in [5.74, 6) is 0.827. The Labute approximate surface area is 167 Å².